The van der Waals surface area contributed by atoms with Gasteiger partial charge in [0.05, 0.1) is 13.2 Å². The quantitative estimate of drug-likeness (QED) is 0.905. The summed E-state index contributed by atoms with van der Waals surface area (Å²) >= 11 is 4.59. The highest BCUT2D eigenvalue weighted by atomic mass is 79.9. The number of benzene rings is 1. The minimum Gasteiger partial charge on any atom is -0.477 e. The maximum atomic E-state index is 10.9. The van der Waals surface area contributed by atoms with Gasteiger partial charge in [-0.05, 0) is 29.1 Å². The Balaban J connectivity index is 1.90. The second kappa shape index (κ2) is 6.13. The van der Waals surface area contributed by atoms with Crippen LogP contribution in [-0.2, 0) is 18.0 Å². The van der Waals surface area contributed by atoms with E-state index in [4.69, 9.17) is 9.84 Å². The molecule has 0 saturated heterocycles. The van der Waals surface area contributed by atoms with Crippen LogP contribution >= 0.6 is 27.3 Å². The Morgan fingerprint density at radius 2 is 1.94 bits per heavy atom. The van der Waals surface area contributed by atoms with Crippen LogP contribution in [0, 0.1) is 0 Å². The maximum Gasteiger partial charge on any atom is 0.346 e. The summed E-state index contributed by atoms with van der Waals surface area (Å²) < 4.78 is 6.55. The number of rotatable bonds is 5. The molecule has 1 N–H and O–H groups in total. The number of aromatic carboxylic acids is 1. The van der Waals surface area contributed by atoms with Crippen molar-refractivity contribution in [1.82, 2.24) is 0 Å². The fourth-order valence-electron chi connectivity index (χ4n) is 1.50. The molecule has 0 radical (unpaired) electrons. The number of carboxylic acid groups (broad SMARTS) is 1. The molecule has 0 spiro atoms. The second-order valence-electron chi connectivity index (χ2n) is 3.70. The predicted molar refractivity (Wildman–Crippen MR) is 73.9 cm³/mol. The van der Waals surface area contributed by atoms with Crippen LogP contribution in [0.4, 0.5) is 0 Å². The van der Waals surface area contributed by atoms with E-state index in [2.05, 4.69) is 15.9 Å². The Hall–Kier alpha value is -1.17. The number of ether oxygens (including phenoxy) is 1. The van der Waals surface area contributed by atoms with E-state index < -0.39 is 5.97 Å². The third-order valence-electron chi connectivity index (χ3n) is 2.38. The lowest BCUT2D eigenvalue weighted by Crippen LogP contribution is -2.00. The molecular formula is C13H11BrO3S. The van der Waals surface area contributed by atoms with E-state index in [9.17, 15) is 4.79 Å². The average Bonchev–Trinajstić information content (AvgIpc) is 2.80. The van der Waals surface area contributed by atoms with Crippen LogP contribution < -0.4 is 0 Å². The van der Waals surface area contributed by atoms with Crippen molar-refractivity contribution >= 4 is 33.2 Å². The molecule has 94 valence electrons. The minimum atomic E-state index is -0.896. The lowest BCUT2D eigenvalue weighted by molar-refractivity contribution is 0.0690. The Morgan fingerprint density at radius 1 is 1.22 bits per heavy atom. The number of hydrogen-bond donors (Lipinski definition) is 1. The van der Waals surface area contributed by atoms with Crippen LogP contribution in [-0.4, -0.2) is 11.1 Å². The van der Waals surface area contributed by atoms with Gasteiger partial charge >= 0.3 is 5.97 Å². The molecule has 2 rings (SSSR count). The summed E-state index contributed by atoms with van der Waals surface area (Å²) in [6, 6.07) is 9.62. The summed E-state index contributed by atoms with van der Waals surface area (Å²) in [5.74, 6) is -0.896. The summed E-state index contributed by atoms with van der Waals surface area (Å²) in [7, 11) is 0. The number of hydrogen-bond acceptors (Lipinski definition) is 3. The maximum absolute atomic E-state index is 10.9. The van der Waals surface area contributed by atoms with Crippen LogP contribution in [0.25, 0.3) is 0 Å². The van der Waals surface area contributed by atoms with Crippen molar-refractivity contribution in [2.75, 3.05) is 0 Å². The van der Waals surface area contributed by atoms with Gasteiger partial charge in [0.1, 0.15) is 4.88 Å². The molecule has 5 heteroatoms. The van der Waals surface area contributed by atoms with Gasteiger partial charge in [0, 0.05) is 10.0 Å². The lowest BCUT2D eigenvalue weighted by atomic mass is 10.2. The minimum absolute atomic E-state index is 0.321. The molecule has 0 saturated carbocycles. The average molecular weight is 327 g/mol. The van der Waals surface area contributed by atoms with Crippen LogP contribution in [0.2, 0.25) is 0 Å². The van der Waals surface area contributed by atoms with Gasteiger partial charge in [-0.2, -0.15) is 0 Å². The fourth-order valence-corrected chi connectivity index (χ4v) is 2.51. The molecule has 0 aliphatic rings. The highest BCUT2D eigenvalue weighted by molar-refractivity contribution is 9.10. The zero-order valence-electron chi connectivity index (χ0n) is 9.43. The number of carbonyl (C=O) groups is 1. The zero-order chi connectivity index (χ0) is 13.0. The molecular weight excluding hydrogens is 316 g/mol. The highest BCUT2D eigenvalue weighted by Gasteiger charge is 2.11. The zero-order valence-corrected chi connectivity index (χ0v) is 11.8. The molecule has 0 aliphatic carbocycles. The van der Waals surface area contributed by atoms with Crippen molar-refractivity contribution in [3.63, 3.8) is 0 Å². The van der Waals surface area contributed by atoms with E-state index in [1.54, 1.807) is 11.4 Å². The third-order valence-corrected chi connectivity index (χ3v) is 3.85. The van der Waals surface area contributed by atoms with E-state index in [-0.39, 0.29) is 0 Å². The number of carboxylic acids is 1. The molecule has 3 nitrogen and oxygen atoms in total. The summed E-state index contributed by atoms with van der Waals surface area (Å²) in [6.07, 6.45) is 0. The van der Waals surface area contributed by atoms with Crippen LogP contribution in [0.3, 0.4) is 0 Å². The number of thiophene rings is 1. The second-order valence-corrected chi connectivity index (χ2v) is 5.53. The van der Waals surface area contributed by atoms with Gasteiger partial charge in [-0.25, -0.2) is 4.79 Å². The Bertz CT molecular complexity index is 533. The molecule has 0 bridgehead atoms. The molecule has 0 aliphatic heterocycles. The normalized spacial score (nSPS) is 10.5. The molecule has 0 fully saturated rings. The predicted octanol–water partition coefficient (Wildman–Crippen LogP) is 3.93. The van der Waals surface area contributed by atoms with Crippen molar-refractivity contribution < 1.29 is 14.6 Å². The highest BCUT2D eigenvalue weighted by Crippen LogP contribution is 2.18. The monoisotopic (exact) mass is 326 g/mol. The van der Waals surface area contributed by atoms with Crippen molar-refractivity contribution in [1.29, 1.82) is 0 Å². The van der Waals surface area contributed by atoms with E-state index in [0.717, 1.165) is 15.6 Å². The standard InChI is InChI=1S/C13H11BrO3S/c14-11-3-1-9(2-4-11)7-17-8-10-5-6-18-12(10)13(15)16/h1-6H,7-8H2,(H,15,16). The largest absolute Gasteiger partial charge is 0.477 e. The van der Waals surface area contributed by atoms with E-state index in [1.165, 1.54) is 11.3 Å². The molecule has 1 aromatic carbocycles. The summed E-state index contributed by atoms with van der Waals surface area (Å²) in [5.41, 5.74) is 1.79. The Morgan fingerprint density at radius 3 is 2.61 bits per heavy atom. The van der Waals surface area contributed by atoms with Crippen LogP contribution in [0.1, 0.15) is 20.8 Å². The molecule has 2 aromatic rings. The Kier molecular flexibility index (Phi) is 4.52. The topological polar surface area (TPSA) is 46.5 Å². The van der Waals surface area contributed by atoms with Crippen LogP contribution in [0.5, 0.6) is 0 Å². The molecule has 0 atom stereocenters. The number of halogens is 1. The van der Waals surface area contributed by atoms with Gasteiger partial charge < -0.3 is 9.84 Å². The SMILES string of the molecule is O=C(O)c1sccc1COCc1ccc(Br)cc1. The molecule has 0 amide bonds. The van der Waals surface area contributed by atoms with Gasteiger partial charge in [-0.15, -0.1) is 11.3 Å². The molecule has 1 aromatic heterocycles. The van der Waals surface area contributed by atoms with Gasteiger partial charge in [-0.3, -0.25) is 0 Å². The molecule has 0 unspecified atom stereocenters. The first-order chi connectivity index (χ1) is 8.66. The first-order valence-electron chi connectivity index (χ1n) is 5.28. The first kappa shape index (κ1) is 13.3. The first-order valence-corrected chi connectivity index (χ1v) is 6.96. The fraction of sp³-hybridized carbons (Fsp3) is 0.154. The van der Waals surface area contributed by atoms with Gasteiger partial charge in [0.15, 0.2) is 0 Å². The third kappa shape index (κ3) is 3.41. The van der Waals surface area contributed by atoms with Gasteiger partial charge in [0.2, 0.25) is 0 Å². The lowest BCUT2D eigenvalue weighted by Gasteiger charge is -2.04. The van der Waals surface area contributed by atoms with E-state index in [0.29, 0.717) is 18.1 Å². The van der Waals surface area contributed by atoms with Gasteiger partial charge in [0.25, 0.3) is 0 Å². The Labute approximate surface area is 117 Å². The molecule has 18 heavy (non-hydrogen) atoms. The van der Waals surface area contributed by atoms with Gasteiger partial charge in [-0.1, -0.05) is 28.1 Å². The summed E-state index contributed by atoms with van der Waals surface area (Å²) in [4.78, 5) is 11.3. The van der Waals surface area contributed by atoms with Crippen LogP contribution in [0.15, 0.2) is 40.2 Å². The van der Waals surface area contributed by atoms with Crippen molar-refractivity contribution in [2.24, 2.45) is 0 Å². The van der Waals surface area contributed by atoms with Crippen molar-refractivity contribution in [3.8, 4) is 0 Å². The summed E-state index contributed by atoms with van der Waals surface area (Å²) in [5, 5.41) is 10.7. The summed E-state index contributed by atoms with van der Waals surface area (Å²) in [6.45, 7) is 0.795. The smallest absolute Gasteiger partial charge is 0.346 e. The van der Waals surface area contributed by atoms with Crippen molar-refractivity contribution in [2.45, 2.75) is 13.2 Å². The van der Waals surface area contributed by atoms with Crippen molar-refractivity contribution in [3.05, 3.63) is 56.2 Å². The van der Waals surface area contributed by atoms with E-state index >= 15 is 0 Å². The van der Waals surface area contributed by atoms with E-state index in [1.807, 2.05) is 24.3 Å². The molecule has 1 heterocycles.